The lowest BCUT2D eigenvalue weighted by Gasteiger charge is -2.50. The van der Waals surface area contributed by atoms with E-state index in [1.165, 1.54) is 16.8 Å². The molecule has 0 radical (unpaired) electrons. The van der Waals surface area contributed by atoms with Gasteiger partial charge in [0.15, 0.2) is 0 Å². The Kier molecular flexibility index (Phi) is 4.96. The highest BCUT2D eigenvalue weighted by Crippen LogP contribution is 2.37. The number of aliphatic hydroxyl groups is 1. The smallest absolute Gasteiger partial charge is 0.0574 e. The molecule has 0 aliphatic carbocycles. The minimum Gasteiger partial charge on any atom is -0.393 e. The lowest BCUT2D eigenvalue weighted by atomic mass is 9.87. The van der Waals surface area contributed by atoms with Crippen molar-refractivity contribution in [2.24, 2.45) is 0 Å². The van der Waals surface area contributed by atoms with Crippen LogP contribution < -0.4 is 4.90 Å². The van der Waals surface area contributed by atoms with E-state index < -0.39 is 0 Å². The van der Waals surface area contributed by atoms with Crippen molar-refractivity contribution in [1.82, 2.24) is 4.90 Å². The molecule has 2 aromatic rings. The molecule has 2 aliphatic heterocycles. The minimum absolute atomic E-state index is 0.228. The van der Waals surface area contributed by atoms with Gasteiger partial charge in [0.05, 0.1) is 6.10 Å². The molecule has 138 valence electrons. The van der Waals surface area contributed by atoms with Crippen LogP contribution in [0.15, 0.2) is 42.5 Å². The summed E-state index contributed by atoms with van der Waals surface area (Å²) in [4.78, 5) is 5.05. The summed E-state index contributed by atoms with van der Waals surface area (Å²) < 4.78 is 0. The Morgan fingerprint density at radius 1 is 1.04 bits per heavy atom. The van der Waals surface area contributed by atoms with Gasteiger partial charge in [0, 0.05) is 42.4 Å². The van der Waals surface area contributed by atoms with Crippen molar-refractivity contribution in [3.63, 3.8) is 0 Å². The molecule has 4 rings (SSSR count). The van der Waals surface area contributed by atoms with Crippen LogP contribution in [0.3, 0.4) is 0 Å². The summed E-state index contributed by atoms with van der Waals surface area (Å²) in [5, 5.41) is 11.3. The molecule has 1 N–H and O–H groups in total. The maximum atomic E-state index is 10.5. The van der Waals surface area contributed by atoms with Gasteiger partial charge in [-0.3, -0.25) is 4.90 Å². The van der Waals surface area contributed by atoms with E-state index in [9.17, 15) is 5.11 Å². The van der Waals surface area contributed by atoms with Crippen LogP contribution in [0, 0.1) is 13.8 Å². The van der Waals surface area contributed by atoms with Gasteiger partial charge in [-0.2, -0.15) is 0 Å². The zero-order valence-corrected chi connectivity index (χ0v) is 16.3. The van der Waals surface area contributed by atoms with Gasteiger partial charge in [-0.05, 0) is 56.0 Å². The maximum absolute atomic E-state index is 10.5. The molecule has 2 saturated heterocycles. The van der Waals surface area contributed by atoms with Crippen LogP contribution in [-0.2, 0) is 0 Å². The second-order valence-corrected chi connectivity index (χ2v) is 8.23. The van der Waals surface area contributed by atoms with Gasteiger partial charge >= 0.3 is 0 Å². The van der Waals surface area contributed by atoms with E-state index in [4.69, 9.17) is 11.6 Å². The number of anilines is 1. The van der Waals surface area contributed by atoms with Crippen LogP contribution in [0.5, 0.6) is 0 Å². The molecule has 0 aromatic heterocycles. The molecule has 0 spiro atoms. The van der Waals surface area contributed by atoms with Gasteiger partial charge in [0.1, 0.15) is 0 Å². The molecule has 0 saturated carbocycles. The lowest BCUT2D eigenvalue weighted by Crippen LogP contribution is -2.58. The van der Waals surface area contributed by atoms with Gasteiger partial charge in [0.2, 0.25) is 0 Å². The number of piperidine rings is 1. The second kappa shape index (κ2) is 7.22. The van der Waals surface area contributed by atoms with Crippen LogP contribution in [0.25, 0.3) is 0 Å². The molecule has 2 heterocycles. The van der Waals surface area contributed by atoms with Crippen molar-refractivity contribution < 1.29 is 5.11 Å². The highest BCUT2D eigenvalue weighted by atomic mass is 35.5. The van der Waals surface area contributed by atoms with Crippen LogP contribution in [-0.4, -0.2) is 41.8 Å². The standard InChI is InChI=1S/C22H27ClN2O/c1-15-4-3-5-17(10-15)22-13-20(26)12-19-14-24(8-9-25(19)22)18-6-7-21(23)16(2)11-18/h3-7,10-11,19-20,22,26H,8-9,12-14H2,1-2H3. The molecule has 4 heteroatoms. The molecule has 2 aromatic carbocycles. The fourth-order valence-electron chi connectivity index (χ4n) is 4.56. The largest absolute Gasteiger partial charge is 0.393 e. The maximum Gasteiger partial charge on any atom is 0.0574 e. The Morgan fingerprint density at radius 2 is 1.88 bits per heavy atom. The first kappa shape index (κ1) is 17.8. The monoisotopic (exact) mass is 370 g/mol. The van der Waals surface area contributed by atoms with Gasteiger partial charge in [0.25, 0.3) is 0 Å². The topological polar surface area (TPSA) is 26.7 Å². The van der Waals surface area contributed by atoms with Crippen molar-refractivity contribution in [3.05, 3.63) is 64.2 Å². The Morgan fingerprint density at radius 3 is 2.65 bits per heavy atom. The fraction of sp³-hybridized carbons (Fsp3) is 0.455. The molecular formula is C22H27ClN2O. The number of halogens is 1. The summed E-state index contributed by atoms with van der Waals surface area (Å²) in [6, 6.07) is 15.7. The second-order valence-electron chi connectivity index (χ2n) is 7.83. The Balaban J connectivity index is 1.56. The number of piperazine rings is 1. The summed E-state index contributed by atoms with van der Waals surface area (Å²) in [5.74, 6) is 0. The van der Waals surface area contributed by atoms with E-state index in [0.29, 0.717) is 12.1 Å². The summed E-state index contributed by atoms with van der Waals surface area (Å²) in [5.41, 5.74) is 4.98. The number of aryl methyl sites for hydroxylation is 2. The predicted molar refractivity (Wildman–Crippen MR) is 108 cm³/mol. The molecule has 0 bridgehead atoms. The summed E-state index contributed by atoms with van der Waals surface area (Å²) in [7, 11) is 0. The molecule has 3 atom stereocenters. The third-order valence-electron chi connectivity index (χ3n) is 5.90. The minimum atomic E-state index is -0.228. The van der Waals surface area contributed by atoms with Gasteiger partial charge < -0.3 is 10.0 Å². The van der Waals surface area contributed by atoms with Crippen molar-refractivity contribution in [3.8, 4) is 0 Å². The van der Waals surface area contributed by atoms with E-state index >= 15 is 0 Å². The first-order chi connectivity index (χ1) is 12.5. The number of hydrogen-bond acceptors (Lipinski definition) is 3. The molecule has 3 nitrogen and oxygen atoms in total. The first-order valence-corrected chi connectivity index (χ1v) is 9.90. The quantitative estimate of drug-likeness (QED) is 0.851. The van der Waals surface area contributed by atoms with Crippen LogP contribution >= 0.6 is 11.6 Å². The van der Waals surface area contributed by atoms with E-state index in [1.807, 2.05) is 6.07 Å². The Bertz CT molecular complexity index is 793. The number of nitrogens with zero attached hydrogens (tertiary/aromatic N) is 2. The number of aliphatic hydroxyl groups excluding tert-OH is 1. The molecule has 2 fully saturated rings. The number of rotatable bonds is 2. The van der Waals surface area contributed by atoms with Crippen LogP contribution in [0.4, 0.5) is 5.69 Å². The molecular weight excluding hydrogens is 344 g/mol. The van der Waals surface area contributed by atoms with E-state index in [2.05, 4.69) is 60.0 Å². The van der Waals surface area contributed by atoms with Crippen molar-refractivity contribution in [2.45, 2.75) is 44.9 Å². The van der Waals surface area contributed by atoms with Gasteiger partial charge in [-0.15, -0.1) is 0 Å². The van der Waals surface area contributed by atoms with E-state index in [1.54, 1.807) is 0 Å². The highest BCUT2D eigenvalue weighted by molar-refractivity contribution is 6.31. The molecule has 2 aliphatic rings. The summed E-state index contributed by atoms with van der Waals surface area (Å²) in [6.45, 7) is 7.19. The van der Waals surface area contributed by atoms with Crippen LogP contribution in [0.1, 0.15) is 35.6 Å². The van der Waals surface area contributed by atoms with Crippen molar-refractivity contribution >= 4 is 17.3 Å². The average Bonchev–Trinajstić information content (AvgIpc) is 2.62. The third kappa shape index (κ3) is 3.48. The first-order valence-electron chi connectivity index (χ1n) is 9.53. The molecule has 26 heavy (non-hydrogen) atoms. The Labute approximate surface area is 161 Å². The Hall–Kier alpha value is -1.55. The normalized spacial score (nSPS) is 26.6. The molecule has 0 amide bonds. The third-order valence-corrected chi connectivity index (χ3v) is 6.33. The number of fused-ring (bicyclic) bond motifs is 1. The molecule has 3 unspecified atom stereocenters. The predicted octanol–water partition coefficient (Wildman–Crippen LogP) is 4.34. The number of benzene rings is 2. The van der Waals surface area contributed by atoms with Gasteiger partial charge in [-0.25, -0.2) is 0 Å². The van der Waals surface area contributed by atoms with Gasteiger partial charge in [-0.1, -0.05) is 41.4 Å². The van der Waals surface area contributed by atoms with Crippen LogP contribution in [0.2, 0.25) is 5.02 Å². The van der Waals surface area contributed by atoms with E-state index in [-0.39, 0.29) is 6.10 Å². The van der Waals surface area contributed by atoms with E-state index in [0.717, 1.165) is 43.1 Å². The fourth-order valence-corrected chi connectivity index (χ4v) is 4.68. The van der Waals surface area contributed by atoms with Crippen molar-refractivity contribution in [2.75, 3.05) is 24.5 Å². The highest BCUT2D eigenvalue weighted by Gasteiger charge is 2.39. The summed E-state index contributed by atoms with van der Waals surface area (Å²) in [6.07, 6.45) is 1.46. The lowest BCUT2D eigenvalue weighted by molar-refractivity contribution is -0.00601. The SMILES string of the molecule is Cc1cccc(C2CC(O)CC3CN(c4ccc(Cl)c(C)c4)CCN32)c1. The number of hydrogen-bond donors (Lipinski definition) is 1. The zero-order chi connectivity index (χ0) is 18.3. The van der Waals surface area contributed by atoms with Crippen molar-refractivity contribution in [1.29, 1.82) is 0 Å². The summed E-state index contributed by atoms with van der Waals surface area (Å²) >= 11 is 6.19. The average molecular weight is 371 g/mol. The zero-order valence-electron chi connectivity index (χ0n) is 15.5.